The first-order valence-corrected chi connectivity index (χ1v) is 6.47. The van der Waals surface area contributed by atoms with Gasteiger partial charge in [0.25, 0.3) is 0 Å². The number of carbonyl (C=O) groups excluding carboxylic acids is 1. The first-order valence-electron chi connectivity index (χ1n) is 6.47. The van der Waals surface area contributed by atoms with Crippen molar-refractivity contribution >= 4 is 12.0 Å². The van der Waals surface area contributed by atoms with E-state index in [2.05, 4.69) is 0 Å². The number of halogens is 3. The molecule has 20 heavy (non-hydrogen) atoms. The average molecular weight is 296 g/mol. The van der Waals surface area contributed by atoms with Crippen LogP contribution in [0, 0.1) is 0 Å². The summed E-state index contributed by atoms with van der Waals surface area (Å²) in [5.74, 6) is -1.10. The Balaban J connectivity index is 2.77. The van der Waals surface area contributed by atoms with Gasteiger partial charge >= 0.3 is 18.2 Å². The lowest BCUT2D eigenvalue weighted by atomic mass is 9.93. The summed E-state index contributed by atoms with van der Waals surface area (Å²) < 4.78 is 36.5. The SMILES string of the molecule is CCC1(C(=O)O)CCCN1C(=O)N(C)CCC(F)(F)F. The van der Waals surface area contributed by atoms with Crippen LogP contribution in [0.4, 0.5) is 18.0 Å². The molecule has 1 rings (SSSR count). The van der Waals surface area contributed by atoms with E-state index in [0.717, 1.165) is 4.90 Å². The van der Waals surface area contributed by atoms with Crippen molar-refractivity contribution in [2.45, 2.75) is 44.3 Å². The van der Waals surface area contributed by atoms with E-state index in [0.29, 0.717) is 12.8 Å². The first-order chi connectivity index (χ1) is 9.14. The molecule has 0 aromatic carbocycles. The molecule has 1 aliphatic rings. The van der Waals surface area contributed by atoms with E-state index in [-0.39, 0.29) is 13.0 Å². The van der Waals surface area contributed by atoms with Gasteiger partial charge in [-0.05, 0) is 19.3 Å². The molecule has 1 atom stereocenters. The van der Waals surface area contributed by atoms with E-state index in [1.54, 1.807) is 6.92 Å². The summed E-state index contributed by atoms with van der Waals surface area (Å²) >= 11 is 0. The monoisotopic (exact) mass is 296 g/mol. The third-order valence-corrected chi connectivity index (χ3v) is 3.76. The molecule has 1 aliphatic heterocycles. The van der Waals surface area contributed by atoms with Crippen molar-refractivity contribution in [2.75, 3.05) is 20.1 Å². The van der Waals surface area contributed by atoms with E-state index in [1.807, 2.05) is 0 Å². The van der Waals surface area contributed by atoms with E-state index in [9.17, 15) is 27.9 Å². The minimum atomic E-state index is -4.34. The smallest absolute Gasteiger partial charge is 0.390 e. The zero-order valence-electron chi connectivity index (χ0n) is 11.5. The molecule has 0 radical (unpaired) electrons. The summed E-state index contributed by atoms with van der Waals surface area (Å²) in [6, 6.07) is -0.656. The second kappa shape index (κ2) is 5.88. The van der Waals surface area contributed by atoms with Gasteiger partial charge in [0.1, 0.15) is 5.54 Å². The van der Waals surface area contributed by atoms with Crippen molar-refractivity contribution in [3.8, 4) is 0 Å². The van der Waals surface area contributed by atoms with Gasteiger partial charge in [0, 0.05) is 20.1 Å². The Morgan fingerprint density at radius 2 is 2.00 bits per heavy atom. The molecule has 1 saturated heterocycles. The number of hydrogen-bond donors (Lipinski definition) is 1. The summed E-state index contributed by atoms with van der Waals surface area (Å²) in [7, 11) is 1.26. The summed E-state index contributed by atoms with van der Waals surface area (Å²) in [5, 5.41) is 9.33. The molecule has 1 N–H and O–H groups in total. The number of nitrogens with zero attached hydrogens (tertiary/aromatic N) is 2. The molecule has 2 amide bonds. The average Bonchev–Trinajstić information content (AvgIpc) is 2.79. The number of rotatable bonds is 4. The number of carboxylic acids is 1. The minimum absolute atomic E-state index is 0.237. The summed E-state index contributed by atoms with van der Waals surface area (Å²) in [6.45, 7) is 1.45. The molecule has 0 bridgehead atoms. The Morgan fingerprint density at radius 1 is 1.40 bits per heavy atom. The van der Waals surface area contributed by atoms with Crippen molar-refractivity contribution in [1.82, 2.24) is 9.80 Å². The highest BCUT2D eigenvalue weighted by Gasteiger charge is 2.49. The van der Waals surface area contributed by atoms with Gasteiger partial charge in [-0.25, -0.2) is 9.59 Å². The van der Waals surface area contributed by atoms with Crippen LogP contribution in [0.3, 0.4) is 0 Å². The van der Waals surface area contributed by atoms with Crippen LogP contribution in [0.25, 0.3) is 0 Å². The Hall–Kier alpha value is -1.47. The van der Waals surface area contributed by atoms with Crippen LogP contribution >= 0.6 is 0 Å². The molecular formula is C12H19F3N2O3. The van der Waals surface area contributed by atoms with Gasteiger partial charge in [0.05, 0.1) is 6.42 Å². The lowest BCUT2D eigenvalue weighted by Crippen LogP contribution is -2.56. The van der Waals surface area contributed by atoms with Crippen LogP contribution in [0.2, 0.25) is 0 Å². The third kappa shape index (κ3) is 3.34. The molecule has 0 aromatic rings. The van der Waals surface area contributed by atoms with Gasteiger partial charge in [0.15, 0.2) is 0 Å². The van der Waals surface area contributed by atoms with Gasteiger partial charge in [-0.1, -0.05) is 6.92 Å². The minimum Gasteiger partial charge on any atom is -0.479 e. The van der Waals surface area contributed by atoms with Crippen molar-refractivity contribution < 1.29 is 27.9 Å². The Bertz CT molecular complexity index is 387. The second-order valence-corrected chi connectivity index (χ2v) is 5.01. The third-order valence-electron chi connectivity index (χ3n) is 3.76. The fourth-order valence-electron chi connectivity index (χ4n) is 2.49. The molecule has 1 unspecified atom stereocenters. The maximum Gasteiger partial charge on any atom is 0.390 e. The zero-order valence-corrected chi connectivity index (χ0v) is 11.5. The molecule has 0 aliphatic carbocycles. The van der Waals surface area contributed by atoms with Crippen LogP contribution in [0.5, 0.6) is 0 Å². The highest BCUT2D eigenvalue weighted by atomic mass is 19.4. The molecule has 1 heterocycles. The Kier molecular flexibility index (Phi) is 4.88. The van der Waals surface area contributed by atoms with Gasteiger partial charge in [-0.3, -0.25) is 0 Å². The van der Waals surface area contributed by atoms with Gasteiger partial charge in [0.2, 0.25) is 0 Å². The van der Waals surface area contributed by atoms with E-state index in [4.69, 9.17) is 0 Å². The molecule has 0 spiro atoms. The number of hydrogen-bond acceptors (Lipinski definition) is 2. The van der Waals surface area contributed by atoms with Gasteiger partial charge < -0.3 is 14.9 Å². The number of carboxylic acid groups (broad SMARTS) is 1. The molecule has 8 heteroatoms. The highest BCUT2D eigenvalue weighted by molar-refractivity contribution is 5.87. The maximum atomic E-state index is 12.2. The fraction of sp³-hybridized carbons (Fsp3) is 0.833. The van der Waals surface area contributed by atoms with Crippen LogP contribution < -0.4 is 0 Å². The predicted molar refractivity (Wildman–Crippen MR) is 65.3 cm³/mol. The molecule has 116 valence electrons. The maximum absolute atomic E-state index is 12.2. The molecule has 0 aromatic heterocycles. The number of amides is 2. The van der Waals surface area contributed by atoms with Crippen molar-refractivity contribution in [3.63, 3.8) is 0 Å². The van der Waals surface area contributed by atoms with Crippen molar-refractivity contribution in [2.24, 2.45) is 0 Å². The number of alkyl halides is 3. The van der Waals surface area contributed by atoms with Crippen LogP contribution in [-0.2, 0) is 4.79 Å². The van der Waals surface area contributed by atoms with E-state index in [1.165, 1.54) is 11.9 Å². The molecular weight excluding hydrogens is 277 g/mol. The van der Waals surface area contributed by atoms with E-state index < -0.39 is 36.7 Å². The van der Waals surface area contributed by atoms with Gasteiger partial charge in [-0.2, -0.15) is 13.2 Å². The largest absolute Gasteiger partial charge is 0.479 e. The van der Waals surface area contributed by atoms with Crippen LogP contribution in [0.1, 0.15) is 32.6 Å². The summed E-state index contributed by atoms with van der Waals surface area (Å²) in [4.78, 5) is 25.7. The first kappa shape index (κ1) is 16.6. The van der Waals surface area contributed by atoms with Crippen LogP contribution in [-0.4, -0.2) is 58.8 Å². The van der Waals surface area contributed by atoms with Crippen molar-refractivity contribution in [3.05, 3.63) is 0 Å². The lowest BCUT2D eigenvalue weighted by Gasteiger charge is -2.36. The van der Waals surface area contributed by atoms with Crippen molar-refractivity contribution in [1.29, 1.82) is 0 Å². The number of urea groups is 1. The number of aliphatic carboxylic acids is 1. The van der Waals surface area contributed by atoms with Gasteiger partial charge in [-0.15, -0.1) is 0 Å². The van der Waals surface area contributed by atoms with E-state index >= 15 is 0 Å². The molecule has 0 saturated carbocycles. The Labute approximate surface area is 115 Å². The number of carbonyl (C=O) groups is 2. The molecule has 5 nitrogen and oxygen atoms in total. The zero-order chi connectivity index (χ0) is 15.6. The van der Waals surface area contributed by atoms with Crippen LogP contribution in [0.15, 0.2) is 0 Å². The molecule has 1 fully saturated rings. The highest BCUT2D eigenvalue weighted by Crippen LogP contribution is 2.33. The predicted octanol–water partition coefficient (Wildman–Crippen LogP) is 2.32. The fourth-order valence-corrected chi connectivity index (χ4v) is 2.49. The normalized spacial score (nSPS) is 22.9. The summed E-state index contributed by atoms with van der Waals surface area (Å²) in [6.07, 6.45) is -4.33. The number of likely N-dealkylation sites (tertiary alicyclic amines) is 1. The topological polar surface area (TPSA) is 60.9 Å². The standard InChI is InChI=1S/C12H19F3N2O3/c1-3-11(9(18)19)5-4-7-17(11)10(20)16(2)8-6-12(13,14)15/h3-8H2,1-2H3,(H,18,19). The Morgan fingerprint density at radius 3 is 2.45 bits per heavy atom. The quantitative estimate of drug-likeness (QED) is 0.866. The lowest BCUT2D eigenvalue weighted by molar-refractivity contribution is -0.149. The second-order valence-electron chi connectivity index (χ2n) is 5.01. The summed E-state index contributed by atoms with van der Waals surface area (Å²) in [5.41, 5.74) is -1.29.